The summed E-state index contributed by atoms with van der Waals surface area (Å²) in [4.78, 5) is 11.8. The summed E-state index contributed by atoms with van der Waals surface area (Å²) in [6, 6.07) is 9.85. The van der Waals surface area contributed by atoms with Crippen LogP contribution in [0.15, 0.2) is 30.3 Å². The number of aryl methyl sites for hydroxylation is 1. The number of aromatic amines is 1. The summed E-state index contributed by atoms with van der Waals surface area (Å²) in [7, 11) is 0. The number of esters is 1. The van der Waals surface area contributed by atoms with E-state index in [1.54, 1.807) is 13.8 Å². The minimum absolute atomic E-state index is 0.346. The summed E-state index contributed by atoms with van der Waals surface area (Å²) in [5.41, 5.74) is 2.86. The Hall–Kier alpha value is -2.36. The van der Waals surface area contributed by atoms with Crippen molar-refractivity contribution in [3.8, 4) is 0 Å². The maximum absolute atomic E-state index is 11.8. The summed E-state index contributed by atoms with van der Waals surface area (Å²) in [6.45, 7) is 3.94. The number of benzene rings is 1. The average Bonchev–Trinajstić information content (AvgIpc) is 2.79. The fourth-order valence-corrected chi connectivity index (χ4v) is 1.77. The van der Waals surface area contributed by atoms with Crippen molar-refractivity contribution in [1.82, 2.24) is 10.2 Å². The highest BCUT2D eigenvalue weighted by molar-refractivity contribution is 5.95. The number of H-pyrrole nitrogens is 1. The molecule has 0 aliphatic rings. The van der Waals surface area contributed by atoms with Crippen LogP contribution in [-0.2, 0) is 4.74 Å². The van der Waals surface area contributed by atoms with E-state index in [9.17, 15) is 4.79 Å². The van der Waals surface area contributed by atoms with Crippen LogP contribution in [0.4, 0.5) is 0 Å². The second-order valence-corrected chi connectivity index (χ2v) is 4.07. The Morgan fingerprint density at radius 2 is 2.05 bits per heavy atom. The summed E-state index contributed by atoms with van der Waals surface area (Å²) in [5, 5.41) is 6.93. The molecule has 19 heavy (non-hydrogen) atoms. The first kappa shape index (κ1) is 13.1. The zero-order valence-corrected chi connectivity index (χ0v) is 11.0. The molecule has 4 nitrogen and oxygen atoms in total. The third kappa shape index (κ3) is 3.10. The number of aromatic nitrogens is 2. The van der Waals surface area contributed by atoms with Gasteiger partial charge in [0.15, 0.2) is 0 Å². The second kappa shape index (κ2) is 6.00. The second-order valence-electron chi connectivity index (χ2n) is 4.07. The van der Waals surface area contributed by atoms with Crippen molar-refractivity contribution in [2.75, 3.05) is 6.61 Å². The minimum atomic E-state index is -0.346. The van der Waals surface area contributed by atoms with Crippen LogP contribution in [0.25, 0.3) is 12.2 Å². The van der Waals surface area contributed by atoms with Crippen molar-refractivity contribution in [3.63, 3.8) is 0 Å². The summed E-state index contributed by atoms with van der Waals surface area (Å²) < 4.78 is 5.03. The van der Waals surface area contributed by atoms with Gasteiger partial charge in [-0.1, -0.05) is 36.4 Å². The predicted molar refractivity (Wildman–Crippen MR) is 74.7 cm³/mol. The third-order valence-electron chi connectivity index (χ3n) is 2.69. The molecule has 0 bridgehead atoms. The van der Waals surface area contributed by atoms with Crippen LogP contribution in [0.5, 0.6) is 0 Å². The van der Waals surface area contributed by atoms with E-state index in [-0.39, 0.29) is 5.97 Å². The molecule has 98 valence electrons. The van der Waals surface area contributed by atoms with Crippen LogP contribution in [0.3, 0.4) is 0 Å². The maximum Gasteiger partial charge on any atom is 0.342 e. The molecule has 0 saturated heterocycles. The molecular weight excluding hydrogens is 240 g/mol. The van der Waals surface area contributed by atoms with Crippen LogP contribution in [0, 0.1) is 6.92 Å². The van der Waals surface area contributed by atoms with Crippen molar-refractivity contribution in [2.24, 2.45) is 0 Å². The Balaban J connectivity index is 2.26. The van der Waals surface area contributed by atoms with Crippen LogP contribution in [0.2, 0.25) is 0 Å². The largest absolute Gasteiger partial charge is 0.462 e. The molecule has 2 aromatic rings. The van der Waals surface area contributed by atoms with E-state index in [1.807, 2.05) is 42.5 Å². The van der Waals surface area contributed by atoms with Crippen molar-refractivity contribution in [3.05, 3.63) is 52.8 Å². The van der Waals surface area contributed by atoms with Crippen LogP contribution in [-0.4, -0.2) is 22.8 Å². The lowest BCUT2D eigenvalue weighted by Gasteiger charge is -2.01. The number of hydrogen-bond acceptors (Lipinski definition) is 3. The molecule has 0 spiro atoms. The molecule has 1 heterocycles. The molecule has 4 heteroatoms. The summed E-state index contributed by atoms with van der Waals surface area (Å²) >= 11 is 0. The quantitative estimate of drug-likeness (QED) is 0.855. The van der Waals surface area contributed by atoms with Crippen molar-refractivity contribution in [2.45, 2.75) is 13.8 Å². The van der Waals surface area contributed by atoms with E-state index in [4.69, 9.17) is 4.74 Å². The molecule has 1 N–H and O–H groups in total. The van der Waals surface area contributed by atoms with Gasteiger partial charge in [-0.15, -0.1) is 0 Å². The van der Waals surface area contributed by atoms with Crippen LogP contribution >= 0.6 is 0 Å². The van der Waals surface area contributed by atoms with Gasteiger partial charge in [0.25, 0.3) is 0 Å². The minimum Gasteiger partial charge on any atom is -0.462 e. The molecule has 2 rings (SSSR count). The SMILES string of the molecule is CCOC(=O)c1c(/C=C/c2ccccc2)n[nH]c1C. The Kier molecular flexibility index (Phi) is 4.13. The first-order valence-electron chi connectivity index (χ1n) is 6.17. The van der Waals surface area contributed by atoms with Gasteiger partial charge in [0.05, 0.1) is 12.3 Å². The molecule has 1 aromatic heterocycles. The number of nitrogens with one attached hydrogen (secondary N) is 1. The van der Waals surface area contributed by atoms with E-state index in [0.717, 1.165) is 5.56 Å². The molecule has 0 radical (unpaired) electrons. The highest BCUT2D eigenvalue weighted by Gasteiger charge is 2.17. The summed E-state index contributed by atoms with van der Waals surface area (Å²) in [6.07, 6.45) is 3.73. The number of ether oxygens (including phenoxy) is 1. The van der Waals surface area contributed by atoms with E-state index in [1.165, 1.54) is 0 Å². The molecule has 0 saturated carbocycles. The van der Waals surface area contributed by atoms with Gasteiger partial charge in [0.2, 0.25) is 0 Å². The molecule has 0 aliphatic carbocycles. The molecule has 0 amide bonds. The van der Waals surface area contributed by atoms with E-state index >= 15 is 0 Å². The van der Waals surface area contributed by atoms with Gasteiger partial charge in [-0.25, -0.2) is 4.79 Å². The molecule has 0 atom stereocenters. The maximum atomic E-state index is 11.8. The van der Waals surface area contributed by atoms with E-state index < -0.39 is 0 Å². The van der Waals surface area contributed by atoms with Gasteiger partial charge in [0.1, 0.15) is 5.56 Å². The Labute approximate surface area is 112 Å². The van der Waals surface area contributed by atoms with Gasteiger partial charge in [-0.2, -0.15) is 5.10 Å². The predicted octanol–water partition coefficient (Wildman–Crippen LogP) is 3.07. The monoisotopic (exact) mass is 256 g/mol. The van der Waals surface area contributed by atoms with E-state index in [0.29, 0.717) is 23.6 Å². The number of carbonyl (C=O) groups is 1. The standard InChI is InChI=1S/C15H16N2O2/c1-3-19-15(18)14-11(2)16-17-13(14)10-9-12-7-5-4-6-8-12/h4-10H,3H2,1-2H3,(H,16,17)/b10-9+. The molecular formula is C15H16N2O2. The molecule has 0 unspecified atom stereocenters. The Morgan fingerprint density at radius 3 is 2.74 bits per heavy atom. The fourth-order valence-electron chi connectivity index (χ4n) is 1.77. The summed E-state index contributed by atoms with van der Waals surface area (Å²) in [5.74, 6) is -0.346. The van der Waals surface area contributed by atoms with Gasteiger partial charge in [0, 0.05) is 5.69 Å². The van der Waals surface area contributed by atoms with Gasteiger partial charge >= 0.3 is 5.97 Å². The van der Waals surface area contributed by atoms with Gasteiger partial charge in [-0.3, -0.25) is 5.10 Å². The topological polar surface area (TPSA) is 55.0 Å². The van der Waals surface area contributed by atoms with Crippen molar-refractivity contribution >= 4 is 18.1 Å². The highest BCUT2D eigenvalue weighted by Crippen LogP contribution is 2.15. The first-order valence-corrected chi connectivity index (χ1v) is 6.17. The Bertz CT molecular complexity index is 585. The smallest absolute Gasteiger partial charge is 0.342 e. The highest BCUT2D eigenvalue weighted by atomic mass is 16.5. The number of hydrogen-bond donors (Lipinski definition) is 1. The van der Waals surface area contributed by atoms with Crippen molar-refractivity contribution < 1.29 is 9.53 Å². The lowest BCUT2D eigenvalue weighted by Crippen LogP contribution is -2.06. The molecule has 1 aromatic carbocycles. The molecule has 0 aliphatic heterocycles. The normalized spacial score (nSPS) is 10.8. The van der Waals surface area contributed by atoms with Crippen molar-refractivity contribution in [1.29, 1.82) is 0 Å². The average molecular weight is 256 g/mol. The van der Waals surface area contributed by atoms with Gasteiger partial charge in [-0.05, 0) is 25.5 Å². The van der Waals surface area contributed by atoms with E-state index in [2.05, 4.69) is 10.2 Å². The third-order valence-corrected chi connectivity index (χ3v) is 2.69. The Morgan fingerprint density at radius 1 is 1.32 bits per heavy atom. The van der Waals surface area contributed by atoms with Crippen LogP contribution < -0.4 is 0 Å². The number of carbonyl (C=O) groups excluding carboxylic acids is 1. The molecule has 0 fully saturated rings. The fraction of sp³-hybridized carbons (Fsp3) is 0.200. The zero-order chi connectivity index (χ0) is 13.7. The van der Waals surface area contributed by atoms with Gasteiger partial charge < -0.3 is 4.74 Å². The number of rotatable bonds is 4. The first-order chi connectivity index (χ1) is 9.22. The lowest BCUT2D eigenvalue weighted by molar-refractivity contribution is 0.0525. The number of nitrogens with zero attached hydrogens (tertiary/aromatic N) is 1. The lowest BCUT2D eigenvalue weighted by atomic mass is 10.1. The van der Waals surface area contributed by atoms with Crippen LogP contribution in [0.1, 0.15) is 34.2 Å². The zero-order valence-electron chi connectivity index (χ0n) is 11.0.